The molecular weight excluding hydrogens is 218 g/mol. The van der Waals surface area contributed by atoms with Crippen LogP contribution in [0, 0.1) is 11.8 Å². The average Bonchev–Trinajstić information content (AvgIpc) is 2.77. The molecule has 1 saturated carbocycles. The normalized spacial score (nSPS) is 33.7. The smallest absolute Gasteiger partial charge is 0.326 e. The van der Waals surface area contributed by atoms with E-state index < -0.39 is 12.0 Å². The van der Waals surface area contributed by atoms with Crippen LogP contribution in [0.3, 0.4) is 0 Å². The first-order chi connectivity index (χ1) is 8.11. The van der Waals surface area contributed by atoms with Gasteiger partial charge < -0.3 is 10.0 Å². The molecule has 0 aromatic heterocycles. The summed E-state index contributed by atoms with van der Waals surface area (Å²) in [6, 6.07) is -0.573. The predicted octanol–water partition coefficient (Wildman–Crippen LogP) is 1.89. The van der Waals surface area contributed by atoms with E-state index in [4.69, 9.17) is 5.11 Å². The summed E-state index contributed by atoms with van der Waals surface area (Å²) < 4.78 is 0. The number of likely N-dealkylation sites (tertiary alicyclic amines) is 1. The van der Waals surface area contributed by atoms with Crippen LogP contribution in [-0.2, 0) is 9.59 Å². The summed E-state index contributed by atoms with van der Waals surface area (Å²) in [7, 11) is 0. The number of carboxylic acids is 1. The molecule has 1 N–H and O–H groups in total. The number of nitrogens with zero attached hydrogens (tertiary/aromatic N) is 1. The van der Waals surface area contributed by atoms with Gasteiger partial charge in [0.2, 0.25) is 5.91 Å². The Hall–Kier alpha value is -1.06. The van der Waals surface area contributed by atoms with E-state index in [0.29, 0.717) is 18.9 Å². The van der Waals surface area contributed by atoms with Gasteiger partial charge in [0.15, 0.2) is 0 Å². The Morgan fingerprint density at radius 1 is 1.12 bits per heavy atom. The number of carboxylic acid groups (broad SMARTS) is 1. The maximum Gasteiger partial charge on any atom is 0.326 e. The van der Waals surface area contributed by atoms with Gasteiger partial charge in [-0.05, 0) is 31.6 Å². The van der Waals surface area contributed by atoms with Crippen molar-refractivity contribution >= 4 is 11.9 Å². The number of amides is 1. The lowest BCUT2D eigenvalue weighted by molar-refractivity contribution is -0.151. The van der Waals surface area contributed by atoms with Crippen LogP contribution in [0.2, 0.25) is 0 Å². The number of hydrogen-bond acceptors (Lipinski definition) is 2. The molecule has 4 heteroatoms. The fourth-order valence-corrected chi connectivity index (χ4v) is 3.18. The number of hydrogen-bond donors (Lipinski definition) is 1. The molecule has 0 aromatic carbocycles. The summed E-state index contributed by atoms with van der Waals surface area (Å²) in [4.78, 5) is 25.1. The predicted molar refractivity (Wildman–Crippen MR) is 63.5 cm³/mol. The standard InChI is InChI=1S/C13H21NO3/c1-9-5-2-3-6-10(9)12(15)14-8-4-7-11(14)13(16)17/h9-11H,2-8H2,1H3,(H,16,17)/t9?,10?,11-/m0/s1. The van der Waals surface area contributed by atoms with Crippen LogP contribution < -0.4 is 0 Å². The van der Waals surface area contributed by atoms with Crippen LogP contribution in [0.25, 0.3) is 0 Å². The average molecular weight is 239 g/mol. The van der Waals surface area contributed by atoms with Crippen molar-refractivity contribution in [1.82, 2.24) is 4.90 Å². The summed E-state index contributed by atoms with van der Waals surface area (Å²) in [5.74, 6) is -0.295. The summed E-state index contributed by atoms with van der Waals surface area (Å²) in [6.45, 7) is 2.74. The second kappa shape index (κ2) is 5.07. The molecule has 2 unspecified atom stereocenters. The molecule has 4 nitrogen and oxygen atoms in total. The van der Waals surface area contributed by atoms with Crippen LogP contribution in [0.4, 0.5) is 0 Å². The van der Waals surface area contributed by atoms with E-state index in [1.165, 1.54) is 6.42 Å². The molecule has 1 aliphatic heterocycles. The summed E-state index contributed by atoms with van der Waals surface area (Å²) in [6.07, 6.45) is 5.77. The van der Waals surface area contributed by atoms with Crippen LogP contribution in [0.15, 0.2) is 0 Å². The minimum Gasteiger partial charge on any atom is -0.480 e. The highest BCUT2D eigenvalue weighted by molar-refractivity contribution is 5.85. The largest absolute Gasteiger partial charge is 0.480 e. The maximum absolute atomic E-state index is 12.4. The zero-order valence-corrected chi connectivity index (χ0v) is 10.4. The number of carbonyl (C=O) groups is 2. The molecule has 1 heterocycles. The lowest BCUT2D eigenvalue weighted by atomic mass is 9.79. The molecule has 2 aliphatic rings. The lowest BCUT2D eigenvalue weighted by Crippen LogP contribution is -2.45. The molecular formula is C13H21NO3. The van der Waals surface area contributed by atoms with E-state index >= 15 is 0 Å². The van der Waals surface area contributed by atoms with Gasteiger partial charge in [-0.3, -0.25) is 4.79 Å². The third-order valence-electron chi connectivity index (χ3n) is 4.25. The van der Waals surface area contributed by atoms with Gasteiger partial charge in [-0.1, -0.05) is 19.8 Å². The zero-order valence-electron chi connectivity index (χ0n) is 10.4. The van der Waals surface area contributed by atoms with E-state index in [-0.39, 0.29) is 11.8 Å². The zero-order chi connectivity index (χ0) is 12.4. The van der Waals surface area contributed by atoms with Crippen molar-refractivity contribution in [1.29, 1.82) is 0 Å². The number of carbonyl (C=O) groups excluding carboxylic acids is 1. The molecule has 1 saturated heterocycles. The molecule has 1 amide bonds. The highest BCUT2D eigenvalue weighted by Crippen LogP contribution is 2.33. The first-order valence-corrected chi connectivity index (χ1v) is 6.64. The second-order valence-corrected chi connectivity index (χ2v) is 5.40. The van der Waals surface area contributed by atoms with E-state index in [2.05, 4.69) is 6.92 Å². The van der Waals surface area contributed by atoms with E-state index in [1.807, 2.05) is 0 Å². The third kappa shape index (κ3) is 2.45. The molecule has 0 radical (unpaired) electrons. The Labute approximate surface area is 102 Å². The molecule has 2 fully saturated rings. The van der Waals surface area contributed by atoms with Crippen molar-refractivity contribution in [3.8, 4) is 0 Å². The number of aliphatic carboxylic acids is 1. The summed E-state index contributed by atoms with van der Waals surface area (Å²) >= 11 is 0. The first-order valence-electron chi connectivity index (χ1n) is 6.64. The quantitative estimate of drug-likeness (QED) is 0.800. The Kier molecular flexibility index (Phi) is 3.69. The lowest BCUT2D eigenvalue weighted by Gasteiger charge is -2.32. The molecule has 0 spiro atoms. The van der Waals surface area contributed by atoms with E-state index in [0.717, 1.165) is 25.7 Å². The van der Waals surface area contributed by atoms with Gasteiger partial charge in [0.05, 0.1) is 0 Å². The molecule has 0 bridgehead atoms. The SMILES string of the molecule is CC1CCCCC1C(=O)N1CCC[C@H]1C(=O)O. The third-order valence-corrected chi connectivity index (χ3v) is 4.25. The van der Waals surface area contributed by atoms with Crippen LogP contribution in [0.5, 0.6) is 0 Å². The Balaban J connectivity index is 2.05. The van der Waals surface area contributed by atoms with Gasteiger partial charge in [0.25, 0.3) is 0 Å². The van der Waals surface area contributed by atoms with Gasteiger partial charge in [-0.15, -0.1) is 0 Å². The first kappa shape index (κ1) is 12.4. The van der Waals surface area contributed by atoms with Crippen molar-refractivity contribution in [3.63, 3.8) is 0 Å². The van der Waals surface area contributed by atoms with E-state index in [1.54, 1.807) is 4.90 Å². The number of rotatable bonds is 2. The minimum absolute atomic E-state index is 0.0590. The van der Waals surface area contributed by atoms with E-state index in [9.17, 15) is 9.59 Å². The van der Waals surface area contributed by atoms with Crippen LogP contribution in [-0.4, -0.2) is 34.5 Å². The van der Waals surface area contributed by atoms with Crippen molar-refractivity contribution in [2.24, 2.45) is 11.8 Å². The van der Waals surface area contributed by atoms with Crippen LogP contribution >= 0.6 is 0 Å². The Bertz CT molecular complexity index is 316. The summed E-state index contributed by atoms with van der Waals surface area (Å²) in [5.41, 5.74) is 0. The van der Waals surface area contributed by atoms with Gasteiger partial charge >= 0.3 is 5.97 Å². The molecule has 3 atom stereocenters. The van der Waals surface area contributed by atoms with Crippen molar-refractivity contribution in [2.75, 3.05) is 6.54 Å². The Morgan fingerprint density at radius 3 is 2.47 bits per heavy atom. The fraction of sp³-hybridized carbons (Fsp3) is 0.846. The van der Waals surface area contributed by atoms with Gasteiger partial charge in [-0.25, -0.2) is 4.79 Å². The molecule has 2 rings (SSSR count). The highest BCUT2D eigenvalue weighted by Gasteiger charge is 2.39. The highest BCUT2D eigenvalue weighted by atomic mass is 16.4. The van der Waals surface area contributed by atoms with Crippen molar-refractivity contribution in [3.05, 3.63) is 0 Å². The maximum atomic E-state index is 12.4. The van der Waals surface area contributed by atoms with Gasteiger partial charge in [0.1, 0.15) is 6.04 Å². The molecule has 0 aromatic rings. The van der Waals surface area contributed by atoms with Crippen molar-refractivity contribution in [2.45, 2.75) is 51.5 Å². The van der Waals surface area contributed by atoms with Crippen molar-refractivity contribution < 1.29 is 14.7 Å². The monoisotopic (exact) mass is 239 g/mol. The minimum atomic E-state index is -0.848. The topological polar surface area (TPSA) is 57.6 Å². The fourth-order valence-electron chi connectivity index (χ4n) is 3.18. The van der Waals surface area contributed by atoms with Gasteiger partial charge in [0, 0.05) is 12.5 Å². The molecule has 96 valence electrons. The Morgan fingerprint density at radius 2 is 1.82 bits per heavy atom. The molecule has 17 heavy (non-hydrogen) atoms. The summed E-state index contributed by atoms with van der Waals surface area (Å²) in [5, 5.41) is 9.10. The van der Waals surface area contributed by atoms with Crippen LogP contribution in [0.1, 0.15) is 45.4 Å². The van der Waals surface area contributed by atoms with Gasteiger partial charge in [-0.2, -0.15) is 0 Å². The second-order valence-electron chi connectivity index (χ2n) is 5.40. The molecule has 1 aliphatic carbocycles.